The Morgan fingerprint density at radius 3 is 2.48 bits per heavy atom. The summed E-state index contributed by atoms with van der Waals surface area (Å²) in [4.78, 5) is 9.42. The van der Waals surface area contributed by atoms with Crippen molar-refractivity contribution in [2.24, 2.45) is 0 Å². The number of hydrogen-bond donors (Lipinski definition) is 2. The molecular weight excluding hydrogens is 414 g/mol. The Balaban J connectivity index is 1.83. The minimum atomic E-state index is -2.17. The number of benzene rings is 2. The molecule has 4 rings (SSSR count). The third-order valence-electron chi connectivity index (χ3n) is 5.24. The predicted octanol–water partition coefficient (Wildman–Crippen LogP) is 4.50. The Labute approximate surface area is 182 Å². The van der Waals surface area contributed by atoms with Gasteiger partial charge in [-0.05, 0) is 41.6 Å². The highest BCUT2D eigenvalue weighted by Gasteiger charge is 2.14. The lowest BCUT2D eigenvalue weighted by Gasteiger charge is -2.14. The summed E-state index contributed by atoms with van der Waals surface area (Å²) in [6.07, 6.45) is 3.23. The maximum Gasteiger partial charge on any atom is 0.259 e. The normalized spacial score (nSPS) is 12.1. The molecule has 4 aromatic rings. The molecule has 2 heterocycles. The van der Waals surface area contributed by atoms with Gasteiger partial charge in [-0.1, -0.05) is 25.1 Å². The number of aromatic nitrogens is 2. The van der Waals surface area contributed by atoms with Crippen LogP contribution in [0.3, 0.4) is 0 Å². The van der Waals surface area contributed by atoms with Crippen molar-refractivity contribution in [2.75, 3.05) is 18.9 Å². The third-order valence-corrected chi connectivity index (χ3v) is 5.63. The maximum atomic E-state index is 11.2. The van der Waals surface area contributed by atoms with E-state index in [1.165, 1.54) is 0 Å². The minimum absolute atomic E-state index is 0.510. The van der Waals surface area contributed by atoms with Gasteiger partial charge < -0.3 is 9.47 Å². The number of pyridine rings is 2. The Kier molecular flexibility index (Phi) is 6.01. The van der Waals surface area contributed by atoms with Crippen LogP contribution in [0.25, 0.3) is 21.7 Å². The summed E-state index contributed by atoms with van der Waals surface area (Å²) in [5, 5.41) is 2.95. The molecule has 2 aromatic heterocycles. The maximum absolute atomic E-state index is 11.2. The molecule has 0 aliphatic carbocycles. The number of anilines is 1. The smallest absolute Gasteiger partial charge is 0.259 e. The van der Waals surface area contributed by atoms with E-state index in [-0.39, 0.29) is 0 Å². The van der Waals surface area contributed by atoms with Gasteiger partial charge in [0.25, 0.3) is 11.3 Å². The van der Waals surface area contributed by atoms with Crippen molar-refractivity contribution in [2.45, 2.75) is 19.8 Å². The first-order valence-corrected chi connectivity index (χ1v) is 10.9. The van der Waals surface area contributed by atoms with E-state index in [0.29, 0.717) is 29.1 Å². The third kappa shape index (κ3) is 4.17. The molecule has 0 fully saturated rings. The first-order chi connectivity index (χ1) is 15.0. The van der Waals surface area contributed by atoms with Crippen LogP contribution in [-0.2, 0) is 24.1 Å². The van der Waals surface area contributed by atoms with Crippen molar-refractivity contribution < 1.29 is 18.2 Å². The number of hydrogen-bond acceptors (Lipinski definition) is 5. The molecule has 0 bridgehead atoms. The summed E-state index contributed by atoms with van der Waals surface area (Å²) in [5.74, 6) is 1.33. The van der Waals surface area contributed by atoms with E-state index in [1.54, 1.807) is 20.3 Å². The molecule has 0 amide bonds. The highest BCUT2D eigenvalue weighted by atomic mass is 32.2. The summed E-state index contributed by atoms with van der Waals surface area (Å²) >= 11 is -2.17. The zero-order valence-electron chi connectivity index (χ0n) is 17.5. The summed E-state index contributed by atoms with van der Waals surface area (Å²) in [6.45, 7) is 2.07. The van der Waals surface area contributed by atoms with Gasteiger partial charge in [0.2, 0.25) is 0 Å². The number of fused-ring (bicyclic) bond motifs is 2. The van der Waals surface area contributed by atoms with Crippen LogP contribution in [0.1, 0.15) is 23.9 Å². The molecule has 2 N–H and O–H groups in total. The van der Waals surface area contributed by atoms with E-state index in [2.05, 4.69) is 16.6 Å². The van der Waals surface area contributed by atoms with Gasteiger partial charge in [0.1, 0.15) is 0 Å². The minimum Gasteiger partial charge on any atom is -0.493 e. The summed E-state index contributed by atoms with van der Waals surface area (Å²) < 4.78 is 34.0. The van der Waals surface area contributed by atoms with Crippen LogP contribution in [0, 0.1) is 0 Å². The number of nitrogens with zero attached hydrogens (tertiary/aromatic N) is 2. The van der Waals surface area contributed by atoms with E-state index in [1.807, 2.05) is 42.6 Å². The Bertz CT molecular complexity index is 1290. The molecule has 0 saturated carbocycles. The van der Waals surface area contributed by atoms with Crippen LogP contribution >= 0.6 is 0 Å². The van der Waals surface area contributed by atoms with Crippen molar-refractivity contribution in [1.29, 1.82) is 0 Å². The van der Waals surface area contributed by atoms with Crippen LogP contribution in [-0.4, -0.2) is 32.9 Å². The van der Waals surface area contributed by atoms with Crippen LogP contribution in [0.2, 0.25) is 0 Å². The molecule has 1 unspecified atom stereocenters. The monoisotopic (exact) mass is 437 g/mol. The molecule has 0 spiro atoms. The van der Waals surface area contributed by atoms with Gasteiger partial charge in [-0.15, -0.1) is 0 Å². The first kappa shape index (κ1) is 21.0. The van der Waals surface area contributed by atoms with Crippen LogP contribution < -0.4 is 14.2 Å². The van der Waals surface area contributed by atoms with E-state index in [9.17, 15) is 8.76 Å². The molecule has 8 heteroatoms. The molecule has 0 radical (unpaired) electrons. The van der Waals surface area contributed by atoms with Gasteiger partial charge in [0.15, 0.2) is 11.5 Å². The average Bonchev–Trinajstić information content (AvgIpc) is 2.78. The fourth-order valence-corrected chi connectivity index (χ4v) is 4.11. The van der Waals surface area contributed by atoms with Gasteiger partial charge in [-0.25, -0.2) is 4.21 Å². The molecule has 0 aliphatic heterocycles. The van der Waals surface area contributed by atoms with Gasteiger partial charge in [0, 0.05) is 34.8 Å². The van der Waals surface area contributed by atoms with Crippen molar-refractivity contribution in [3.63, 3.8) is 0 Å². The largest absolute Gasteiger partial charge is 0.493 e. The number of rotatable bonds is 7. The van der Waals surface area contributed by atoms with Crippen molar-refractivity contribution >= 4 is 38.6 Å². The molecule has 0 aliphatic rings. The van der Waals surface area contributed by atoms with Crippen LogP contribution in [0.4, 0.5) is 5.69 Å². The first-order valence-electron chi connectivity index (χ1n) is 9.82. The molecule has 2 aromatic carbocycles. The molecule has 1 atom stereocenters. The Morgan fingerprint density at radius 1 is 1.06 bits per heavy atom. The number of aryl methyl sites for hydroxylation is 1. The summed E-state index contributed by atoms with van der Waals surface area (Å²) in [6, 6.07) is 13.3. The standard InChI is InChI=1S/C23H23N3O4S/c1-4-19-18-12-22(30-3)21(29-2)11-17(18)15(13-24-19)10-16-9-8-14-6-5-7-20(23(14)25-16)26-31(27)28/h5-9,11-13,26H,4,10H2,1-3H3,(H,27,28). The lowest BCUT2D eigenvalue weighted by molar-refractivity contribution is 0.356. The highest BCUT2D eigenvalue weighted by Crippen LogP contribution is 2.35. The van der Waals surface area contributed by atoms with Gasteiger partial charge in [-0.3, -0.25) is 19.2 Å². The predicted molar refractivity (Wildman–Crippen MR) is 123 cm³/mol. The second-order valence-corrected chi connectivity index (χ2v) is 7.75. The fourth-order valence-electron chi connectivity index (χ4n) is 3.76. The second kappa shape index (κ2) is 8.87. The number of ether oxygens (including phenoxy) is 2. The van der Waals surface area contributed by atoms with Gasteiger partial charge in [0.05, 0.1) is 25.4 Å². The van der Waals surface area contributed by atoms with Crippen LogP contribution in [0.5, 0.6) is 11.5 Å². The molecule has 160 valence electrons. The molecule has 0 saturated heterocycles. The zero-order chi connectivity index (χ0) is 22.0. The van der Waals surface area contributed by atoms with E-state index in [4.69, 9.17) is 14.5 Å². The SMILES string of the molecule is CCc1ncc(Cc2ccc3cccc(NS(=O)O)c3n2)c2cc(OC)c(OC)cc12. The van der Waals surface area contributed by atoms with Crippen LogP contribution in [0.15, 0.2) is 48.7 Å². The number of nitrogens with one attached hydrogen (secondary N) is 1. The van der Waals surface area contributed by atoms with E-state index in [0.717, 1.165) is 39.5 Å². The van der Waals surface area contributed by atoms with Crippen molar-refractivity contribution in [1.82, 2.24) is 9.97 Å². The van der Waals surface area contributed by atoms with Crippen molar-refractivity contribution in [3.05, 3.63) is 65.6 Å². The summed E-state index contributed by atoms with van der Waals surface area (Å²) in [5.41, 5.74) is 3.98. The Morgan fingerprint density at radius 2 is 1.81 bits per heavy atom. The fraction of sp³-hybridized carbons (Fsp3) is 0.217. The lowest BCUT2D eigenvalue weighted by Crippen LogP contribution is -2.04. The second-order valence-electron chi connectivity index (χ2n) is 7.04. The average molecular weight is 438 g/mol. The zero-order valence-corrected chi connectivity index (χ0v) is 18.3. The van der Waals surface area contributed by atoms with Gasteiger partial charge >= 0.3 is 0 Å². The topological polar surface area (TPSA) is 93.6 Å². The molecule has 7 nitrogen and oxygen atoms in total. The Hall–Kier alpha value is -3.23. The number of methoxy groups -OCH3 is 2. The van der Waals surface area contributed by atoms with E-state index >= 15 is 0 Å². The summed E-state index contributed by atoms with van der Waals surface area (Å²) in [7, 11) is 3.24. The lowest BCUT2D eigenvalue weighted by atomic mass is 9.99. The molecule has 31 heavy (non-hydrogen) atoms. The van der Waals surface area contributed by atoms with E-state index < -0.39 is 11.3 Å². The number of para-hydroxylation sites is 1. The highest BCUT2D eigenvalue weighted by molar-refractivity contribution is 7.80. The quantitative estimate of drug-likeness (QED) is 0.414. The molecular formula is C23H23N3O4S. The van der Waals surface area contributed by atoms with Gasteiger partial charge in [-0.2, -0.15) is 0 Å². The van der Waals surface area contributed by atoms with Crippen molar-refractivity contribution in [3.8, 4) is 11.5 Å².